The first-order chi connectivity index (χ1) is 14.0. The van der Waals surface area contributed by atoms with Crippen molar-refractivity contribution in [1.82, 2.24) is 10.9 Å². The van der Waals surface area contributed by atoms with E-state index in [9.17, 15) is 14.4 Å². The van der Waals surface area contributed by atoms with Crippen LogP contribution in [0.3, 0.4) is 0 Å². The number of carbonyl (C=O) groups excluding carboxylic acids is 3. The molecule has 0 bridgehead atoms. The summed E-state index contributed by atoms with van der Waals surface area (Å²) in [6.45, 7) is 1.13. The Morgan fingerprint density at radius 1 is 1.03 bits per heavy atom. The van der Waals surface area contributed by atoms with Gasteiger partial charge in [0.05, 0.1) is 16.5 Å². The second-order valence-electron chi connectivity index (χ2n) is 6.66. The summed E-state index contributed by atoms with van der Waals surface area (Å²) in [5, 5.41) is 0.278. The Bertz CT molecular complexity index is 980. The number of carbonyl (C=O) groups is 3. The minimum absolute atomic E-state index is 0.0439. The molecule has 0 aliphatic carbocycles. The molecule has 1 saturated heterocycles. The quantitative estimate of drug-likeness (QED) is 0.746. The Kier molecular flexibility index (Phi) is 5.26. The fourth-order valence-electron chi connectivity index (χ4n) is 3.27. The number of anilines is 1. The molecule has 0 aromatic heterocycles. The van der Waals surface area contributed by atoms with Crippen molar-refractivity contribution in [2.24, 2.45) is 5.92 Å². The normalized spacial score (nSPS) is 17.8. The van der Waals surface area contributed by atoms with Gasteiger partial charge in [0.1, 0.15) is 13.2 Å². The molecule has 2 aliphatic heterocycles. The number of hydrogen-bond acceptors (Lipinski definition) is 5. The van der Waals surface area contributed by atoms with E-state index in [0.29, 0.717) is 30.4 Å². The molecule has 0 spiro atoms. The number of nitrogens with zero attached hydrogens (tertiary/aromatic N) is 1. The summed E-state index contributed by atoms with van der Waals surface area (Å²) in [6.07, 6.45) is 0.0439. The highest BCUT2D eigenvalue weighted by atomic mass is 35.5. The smallest absolute Gasteiger partial charge is 0.271 e. The van der Waals surface area contributed by atoms with Crippen LogP contribution in [0.5, 0.6) is 11.5 Å². The van der Waals surface area contributed by atoms with E-state index in [4.69, 9.17) is 21.1 Å². The minimum atomic E-state index is -0.595. The molecular weight excluding hydrogens is 398 g/mol. The van der Waals surface area contributed by atoms with E-state index in [2.05, 4.69) is 10.9 Å². The van der Waals surface area contributed by atoms with E-state index in [1.807, 2.05) is 0 Å². The van der Waals surface area contributed by atoms with Gasteiger partial charge >= 0.3 is 0 Å². The Labute approximate surface area is 171 Å². The first-order valence-electron chi connectivity index (χ1n) is 9.07. The molecule has 1 fully saturated rings. The molecule has 2 heterocycles. The molecule has 4 rings (SSSR count). The van der Waals surface area contributed by atoms with Crippen molar-refractivity contribution < 1.29 is 23.9 Å². The van der Waals surface area contributed by atoms with Crippen molar-refractivity contribution in [3.8, 4) is 11.5 Å². The number of hydrogen-bond donors (Lipinski definition) is 2. The average Bonchev–Trinajstić information content (AvgIpc) is 3.13. The minimum Gasteiger partial charge on any atom is -0.486 e. The molecule has 2 aliphatic rings. The van der Waals surface area contributed by atoms with Crippen LogP contribution in [0, 0.1) is 5.92 Å². The second kappa shape index (κ2) is 8.00. The fourth-order valence-corrected chi connectivity index (χ4v) is 3.49. The highest BCUT2D eigenvalue weighted by molar-refractivity contribution is 6.33. The van der Waals surface area contributed by atoms with Crippen molar-refractivity contribution in [1.29, 1.82) is 0 Å². The lowest BCUT2D eigenvalue weighted by Gasteiger charge is -2.22. The molecule has 8 nitrogen and oxygen atoms in total. The average molecular weight is 416 g/mol. The fraction of sp³-hybridized carbons (Fsp3) is 0.250. The van der Waals surface area contributed by atoms with Gasteiger partial charge in [-0.25, -0.2) is 0 Å². The lowest BCUT2D eigenvalue weighted by atomic mass is 10.1. The van der Waals surface area contributed by atoms with Crippen molar-refractivity contribution in [2.75, 3.05) is 24.7 Å². The van der Waals surface area contributed by atoms with Crippen LogP contribution < -0.4 is 25.2 Å². The highest BCUT2D eigenvalue weighted by Crippen LogP contribution is 2.35. The van der Waals surface area contributed by atoms with Gasteiger partial charge < -0.3 is 14.4 Å². The number of ether oxygens (including phenoxy) is 2. The maximum atomic E-state index is 12.4. The zero-order valence-electron chi connectivity index (χ0n) is 15.3. The predicted octanol–water partition coefficient (Wildman–Crippen LogP) is 1.93. The number of fused-ring (bicyclic) bond motifs is 1. The summed E-state index contributed by atoms with van der Waals surface area (Å²) >= 11 is 5.97. The zero-order valence-corrected chi connectivity index (χ0v) is 16.1. The van der Waals surface area contributed by atoms with Gasteiger partial charge in [-0.2, -0.15) is 0 Å². The summed E-state index contributed by atoms with van der Waals surface area (Å²) in [4.78, 5) is 38.6. The highest BCUT2D eigenvalue weighted by Gasteiger charge is 2.35. The van der Waals surface area contributed by atoms with E-state index in [-0.39, 0.29) is 29.5 Å². The van der Waals surface area contributed by atoms with Gasteiger partial charge in [0.15, 0.2) is 11.5 Å². The third-order valence-corrected chi connectivity index (χ3v) is 5.08. The monoisotopic (exact) mass is 415 g/mol. The lowest BCUT2D eigenvalue weighted by molar-refractivity contribution is -0.126. The van der Waals surface area contributed by atoms with Gasteiger partial charge in [-0.1, -0.05) is 23.7 Å². The standard InChI is InChI=1S/C20H18ClN3O5/c21-15-4-2-1-3-14(15)20(27)23-22-19(26)12-9-18(25)24(11-12)13-5-6-16-17(10-13)29-8-7-28-16/h1-6,10,12H,7-9,11H2,(H,22,26)(H,23,27)/t12-/m1/s1. The van der Waals surface area contributed by atoms with E-state index in [1.54, 1.807) is 42.5 Å². The number of amides is 3. The molecule has 0 radical (unpaired) electrons. The summed E-state index contributed by atoms with van der Waals surface area (Å²) in [5.41, 5.74) is 5.59. The van der Waals surface area contributed by atoms with Crippen LogP contribution in [0.2, 0.25) is 5.02 Å². The summed E-state index contributed by atoms with van der Waals surface area (Å²) in [7, 11) is 0. The van der Waals surface area contributed by atoms with Gasteiger partial charge in [-0.3, -0.25) is 25.2 Å². The van der Waals surface area contributed by atoms with E-state index < -0.39 is 17.7 Å². The summed E-state index contributed by atoms with van der Waals surface area (Å²) < 4.78 is 11.0. The van der Waals surface area contributed by atoms with Gasteiger partial charge in [-0.15, -0.1) is 0 Å². The van der Waals surface area contributed by atoms with Crippen molar-refractivity contribution in [3.63, 3.8) is 0 Å². The molecule has 0 unspecified atom stereocenters. The van der Waals surface area contributed by atoms with Gasteiger partial charge in [-0.05, 0) is 24.3 Å². The Balaban J connectivity index is 1.38. The topological polar surface area (TPSA) is 97.0 Å². The number of rotatable bonds is 3. The van der Waals surface area contributed by atoms with Crippen LogP contribution in [0.25, 0.3) is 0 Å². The van der Waals surface area contributed by atoms with Crippen LogP contribution in [0.1, 0.15) is 16.8 Å². The van der Waals surface area contributed by atoms with Crippen molar-refractivity contribution in [3.05, 3.63) is 53.1 Å². The molecular formula is C20H18ClN3O5. The van der Waals surface area contributed by atoms with E-state index >= 15 is 0 Å². The summed E-state index contributed by atoms with van der Waals surface area (Å²) in [6, 6.07) is 11.7. The largest absolute Gasteiger partial charge is 0.486 e. The number of halogens is 1. The summed E-state index contributed by atoms with van der Waals surface area (Å²) in [5.74, 6) is -0.554. The Morgan fingerprint density at radius 3 is 2.59 bits per heavy atom. The number of benzene rings is 2. The molecule has 3 amide bonds. The van der Waals surface area contributed by atoms with Crippen LogP contribution >= 0.6 is 11.6 Å². The van der Waals surface area contributed by atoms with Crippen LogP contribution in [-0.2, 0) is 9.59 Å². The predicted molar refractivity (Wildman–Crippen MR) is 105 cm³/mol. The third kappa shape index (κ3) is 3.97. The SMILES string of the molecule is O=C(NNC(=O)[C@@H]1CC(=O)N(c2ccc3c(c2)OCCO3)C1)c1ccccc1Cl. The number of hydrazine groups is 1. The molecule has 150 valence electrons. The zero-order chi connectivity index (χ0) is 20.4. The first kappa shape index (κ1) is 19.1. The molecule has 0 saturated carbocycles. The van der Waals surface area contributed by atoms with Crippen LogP contribution in [-0.4, -0.2) is 37.5 Å². The van der Waals surface area contributed by atoms with Gasteiger partial charge in [0, 0.05) is 24.7 Å². The Morgan fingerprint density at radius 2 is 1.79 bits per heavy atom. The van der Waals surface area contributed by atoms with Gasteiger partial charge in [0.2, 0.25) is 11.8 Å². The Hall–Kier alpha value is -3.26. The first-order valence-corrected chi connectivity index (χ1v) is 9.45. The maximum Gasteiger partial charge on any atom is 0.271 e. The maximum absolute atomic E-state index is 12.4. The second-order valence-corrected chi connectivity index (χ2v) is 7.06. The number of nitrogens with one attached hydrogen (secondary N) is 2. The van der Waals surface area contributed by atoms with E-state index in [0.717, 1.165) is 0 Å². The molecule has 29 heavy (non-hydrogen) atoms. The molecule has 2 aromatic carbocycles. The van der Waals surface area contributed by atoms with Crippen molar-refractivity contribution in [2.45, 2.75) is 6.42 Å². The molecule has 1 atom stereocenters. The van der Waals surface area contributed by atoms with E-state index in [1.165, 1.54) is 4.90 Å². The molecule has 2 N–H and O–H groups in total. The van der Waals surface area contributed by atoms with Crippen LogP contribution in [0.15, 0.2) is 42.5 Å². The van der Waals surface area contributed by atoms with Crippen LogP contribution in [0.4, 0.5) is 5.69 Å². The molecule has 9 heteroatoms. The van der Waals surface area contributed by atoms with Crippen molar-refractivity contribution >= 4 is 35.0 Å². The lowest BCUT2D eigenvalue weighted by Crippen LogP contribution is -2.45. The third-order valence-electron chi connectivity index (χ3n) is 4.75. The molecule has 2 aromatic rings. The van der Waals surface area contributed by atoms with Gasteiger partial charge in [0.25, 0.3) is 5.91 Å².